The zero-order valence-corrected chi connectivity index (χ0v) is 23.5. The van der Waals surface area contributed by atoms with Crippen LogP contribution in [0.1, 0.15) is 44.7 Å². The Morgan fingerprint density at radius 2 is 1.71 bits per heavy atom. The number of nitrogens with one attached hydrogen (secondary N) is 2. The van der Waals surface area contributed by atoms with E-state index in [-0.39, 0.29) is 29.9 Å². The summed E-state index contributed by atoms with van der Waals surface area (Å²) in [7, 11) is 0. The number of nitrogens with zero attached hydrogens (tertiary/aromatic N) is 3. The molecule has 1 atom stereocenters. The molecule has 0 saturated heterocycles. The first-order valence-electron chi connectivity index (χ1n) is 13.5. The molecule has 0 fully saturated rings. The van der Waals surface area contributed by atoms with Crippen molar-refractivity contribution in [2.75, 3.05) is 11.9 Å². The van der Waals surface area contributed by atoms with E-state index in [1.165, 1.54) is 30.1 Å². The van der Waals surface area contributed by atoms with Crippen LogP contribution in [0.5, 0.6) is 5.75 Å². The van der Waals surface area contributed by atoms with Crippen molar-refractivity contribution in [3.8, 4) is 22.7 Å². The number of phenols is 1. The maximum Gasteiger partial charge on any atom is 0.240 e. The Bertz CT molecular complexity index is 1470. The summed E-state index contributed by atoms with van der Waals surface area (Å²) >= 11 is 0. The summed E-state index contributed by atoms with van der Waals surface area (Å²) in [5.74, 6) is -0.0424. The molecule has 5 N–H and O–H groups in total. The average molecular weight is 557 g/mol. The normalized spacial score (nSPS) is 12.1. The number of aromatic nitrogens is 3. The van der Waals surface area contributed by atoms with Gasteiger partial charge in [0.1, 0.15) is 17.6 Å². The number of nitrogens with two attached hydrogens (primary N) is 1. The third-order valence-electron chi connectivity index (χ3n) is 6.73. The van der Waals surface area contributed by atoms with Crippen LogP contribution in [0.25, 0.3) is 16.9 Å². The minimum Gasteiger partial charge on any atom is -0.619 e. The van der Waals surface area contributed by atoms with Crippen molar-refractivity contribution in [3.05, 3.63) is 95.5 Å². The molecule has 10 nitrogen and oxygen atoms in total. The molecular weight excluding hydrogens is 520 g/mol. The van der Waals surface area contributed by atoms with E-state index in [1.54, 1.807) is 28.9 Å². The van der Waals surface area contributed by atoms with E-state index < -0.39 is 11.9 Å². The van der Waals surface area contributed by atoms with Crippen LogP contribution >= 0.6 is 0 Å². The number of phenolic OH excluding ortho intramolecular Hbond substituents is 1. The van der Waals surface area contributed by atoms with Crippen molar-refractivity contribution in [2.45, 2.75) is 51.5 Å². The van der Waals surface area contributed by atoms with E-state index in [4.69, 9.17) is 10.8 Å². The standard InChI is InChI=1S/C31H36N6O4/c1-31(2,3)23-8-10-24(11-9-23)37-28(20-26(35-37)22-14-17-36(41)18-15-22)33-16-4-5-29(39)34-27(30(32)40)19-21-6-12-25(38)13-7-21/h6-15,17-18,20,27,33,38H,4-5,16,19H2,1-3H3,(H2,32,40)(H,34,39)/t27-/m0/s1. The van der Waals surface area contributed by atoms with Crippen molar-refractivity contribution in [1.82, 2.24) is 15.1 Å². The van der Waals surface area contributed by atoms with Crippen LogP contribution in [0.4, 0.5) is 5.82 Å². The highest BCUT2D eigenvalue weighted by Crippen LogP contribution is 2.27. The molecule has 0 aliphatic carbocycles. The van der Waals surface area contributed by atoms with Crippen LogP contribution < -0.4 is 21.1 Å². The zero-order chi connectivity index (χ0) is 29.6. The van der Waals surface area contributed by atoms with E-state index in [1.807, 2.05) is 18.2 Å². The van der Waals surface area contributed by atoms with Gasteiger partial charge in [0.25, 0.3) is 0 Å². The molecule has 214 valence electrons. The van der Waals surface area contributed by atoms with Gasteiger partial charge in [0.2, 0.25) is 11.8 Å². The number of primary amides is 1. The topological polar surface area (TPSA) is 149 Å². The second-order valence-electron chi connectivity index (χ2n) is 11.0. The number of hydrogen-bond acceptors (Lipinski definition) is 6. The number of hydrogen-bond donors (Lipinski definition) is 4. The van der Waals surface area contributed by atoms with E-state index in [2.05, 4.69) is 43.5 Å². The van der Waals surface area contributed by atoms with Crippen molar-refractivity contribution >= 4 is 17.6 Å². The van der Waals surface area contributed by atoms with Gasteiger partial charge in [0.15, 0.2) is 12.4 Å². The summed E-state index contributed by atoms with van der Waals surface area (Å²) in [5, 5.41) is 31.8. The van der Waals surface area contributed by atoms with Crippen molar-refractivity contribution in [3.63, 3.8) is 0 Å². The maximum absolute atomic E-state index is 12.6. The summed E-state index contributed by atoms with van der Waals surface area (Å²) in [5.41, 5.74) is 9.89. The van der Waals surface area contributed by atoms with Crippen molar-refractivity contribution < 1.29 is 19.4 Å². The predicted molar refractivity (Wildman–Crippen MR) is 157 cm³/mol. The van der Waals surface area contributed by atoms with Gasteiger partial charge < -0.3 is 26.7 Å². The Hall–Kier alpha value is -4.86. The molecule has 2 aromatic heterocycles. The highest BCUT2D eigenvalue weighted by atomic mass is 16.5. The van der Waals surface area contributed by atoms with Gasteiger partial charge in [0.05, 0.1) is 11.4 Å². The number of benzene rings is 2. The molecule has 2 amide bonds. The smallest absolute Gasteiger partial charge is 0.240 e. The molecule has 0 aliphatic heterocycles. The van der Waals surface area contributed by atoms with Gasteiger partial charge in [-0.2, -0.15) is 9.83 Å². The van der Waals surface area contributed by atoms with E-state index in [0.717, 1.165) is 27.4 Å². The molecular formula is C31H36N6O4. The summed E-state index contributed by atoms with van der Waals surface area (Å²) in [6, 6.07) is 19.1. The SMILES string of the molecule is CC(C)(C)c1ccc(-n2nc(-c3cc[n+]([O-])cc3)cc2NCCCC(=O)N[C@@H](Cc2ccc(O)cc2)C(N)=O)cc1. The van der Waals surface area contributed by atoms with Gasteiger partial charge in [-0.25, -0.2) is 4.68 Å². The highest BCUT2D eigenvalue weighted by molar-refractivity contribution is 5.86. The summed E-state index contributed by atoms with van der Waals surface area (Å²) < 4.78 is 2.53. The minimum atomic E-state index is -0.848. The van der Waals surface area contributed by atoms with Crippen LogP contribution in [0.15, 0.2) is 79.1 Å². The van der Waals surface area contributed by atoms with Gasteiger partial charge >= 0.3 is 0 Å². The first-order chi connectivity index (χ1) is 19.5. The van der Waals surface area contributed by atoms with E-state index >= 15 is 0 Å². The fourth-order valence-corrected chi connectivity index (χ4v) is 4.35. The minimum absolute atomic E-state index is 0.0186. The molecule has 0 bridgehead atoms. The van der Waals surface area contributed by atoms with Gasteiger partial charge in [-0.15, -0.1) is 0 Å². The molecule has 41 heavy (non-hydrogen) atoms. The lowest BCUT2D eigenvalue weighted by atomic mass is 9.87. The van der Waals surface area contributed by atoms with Crippen LogP contribution in [-0.2, 0) is 21.4 Å². The molecule has 4 aromatic rings. The number of amides is 2. The van der Waals surface area contributed by atoms with Crippen molar-refractivity contribution in [2.24, 2.45) is 5.73 Å². The highest BCUT2D eigenvalue weighted by Gasteiger charge is 2.19. The first kappa shape index (κ1) is 29.1. The fourth-order valence-electron chi connectivity index (χ4n) is 4.35. The summed E-state index contributed by atoms with van der Waals surface area (Å²) in [6.07, 6.45) is 3.79. The third-order valence-corrected chi connectivity index (χ3v) is 6.73. The number of anilines is 1. The van der Waals surface area contributed by atoms with Crippen molar-refractivity contribution in [1.29, 1.82) is 0 Å². The third kappa shape index (κ3) is 7.84. The predicted octanol–water partition coefficient (Wildman–Crippen LogP) is 3.58. The quantitative estimate of drug-likeness (QED) is 0.126. The lowest BCUT2D eigenvalue weighted by Crippen LogP contribution is -2.45. The molecule has 0 aliphatic rings. The molecule has 2 heterocycles. The summed E-state index contributed by atoms with van der Waals surface area (Å²) in [4.78, 5) is 24.5. The zero-order valence-electron chi connectivity index (χ0n) is 23.5. The van der Waals surface area contributed by atoms with Gasteiger partial charge in [-0.05, 0) is 47.2 Å². The Morgan fingerprint density at radius 1 is 1.05 bits per heavy atom. The lowest BCUT2D eigenvalue weighted by Gasteiger charge is -2.19. The number of carbonyl (C=O) groups is 2. The molecule has 4 rings (SSSR count). The lowest BCUT2D eigenvalue weighted by molar-refractivity contribution is -0.605. The Kier molecular flexibility index (Phi) is 8.91. The number of pyridine rings is 1. The van der Waals surface area contributed by atoms with Gasteiger partial charge in [-0.1, -0.05) is 45.0 Å². The Labute approximate surface area is 239 Å². The van der Waals surface area contributed by atoms with Gasteiger partial charge in [0, 0.05) is 43.1 Å². The van der Waals surface area contributed by atoms with Crippen LogP contribution in [0.3, 0.4) is 0 Å². The Balaban J connectivity index is 1.42. The van der Waals surface area contributed by atoms with Crippen LogP contribution in [0, 0.1) is 5.21 Å². The fraction of sp³-hybridized carbons (Fsp3) is 0.290. The Morgan fingerprint density at radius 3 is 2.32 bits per heavy atom. The van der Waals surface area contributed by atoms with Crippen LogP contribution in [0.2, 0.25) is 0 Å². The molecule has 0 unspecified atom stereocenters. The van der Waals surface area contributed by atoms with Gasteiger partial charge in [-0.3, -0.25) is 9.59 Å². The van der Waals surface area contributed by atoms with E-state index in [0.29, 0.717) is 18.7 Å². The number of carbonyl (C=O) groups excluding carboxylic acids is 2. The van der Waals surface area contributed by atoms with Crippen LogP contribution in [-0.4, -0.2) is 39.3 Å². The molecule has 0 spiro atoms. The first-order valence-corrected chi connectivity index (χ1v) is 13.5. The average Bonchev–Trinajstić information content (AvgIpc) is 3.36. The molecule has 0 saturated carbocycles. The second-order valence-corrected chi connectivity index (χ2v) is 11.0. The number of aromatic hydroxyl groups is 1. The summed E-state index contributed by atoms with van der Waals surface area (Å²) in [6.45, 7) is 6.96. The van der Waals surface area contributed by atoms with E-state index in [9.17, 15) is 19.9 Å². The molecule has 2 aromatic carbocycles. The number of rotatable bonds is 11. The largest absolute Gasteiger partial charge is 0.619 e. The monoisotopic (exact) mass is 556 g/mol. The molecule has 10 heteroatoms. The second kappa shape index (κ2) is 12.5. The molecule has 0 radical (unpaired) electrons. The maximum atomic E-state index is 12.6.